The molecule has 4 rings (SSSR count). The summed E-state index contributed by atoms with van der Waals surface area (Å²) < 4.78 is 0. The third-order valence-corrected chi connectivity index (χ3v) is 5.49. The van der Waals surface area contributed by atoms with Crippen molar-refractivity contribution in [3.8, 4) is 0 Å². The van der Waals surface area contributed by atoms with Crippen molar-refractivity contribution in [2.75, 3.05) is 19.7 Å². The van der Waals surface area contributed by atoms with E-state index >= 15 is 0 Å². The van der Waals surface area contributed by atoms with Gasteiger partial charge in [-0.15, -0.1) is 0 Å². The Morgan fingerprint density at radius 3 is 1.45 bits per heavy atom. The van der Waals surface area contributed by atoms with Gasteiger partial charge in [-0.2, -0.15) is 0 Å². The van der Waals surface area contributed by atoms with Gasteiger partial charge in [0.25, 0.3) is 23.6 Å². The van der Waals surface area contributed by atoms with Crippen molar-refractivity contribution >= 4 is 29.3 Å². The summed E-state index contributed by atoms with van der Waals surface area (Å²) in [5.41, 5.74) is 1.84. The van der Waals surface area contributed by atoms with Gasteiger partial charge in [-0.3, -0.25) is 29.0 Å². The van der Waals surface area contributed by atoms with Crippen LogP contribution in [0, 0.1) is 5.92 Å². The molecular formula is C23H21N3O5. The Balaban J connectivity index is 1.61. The molecule has 0 aliphatic carbocycles. The Hall–Kier alpha value is -3.81. The van der Waals surface area contributed by atoms with Gasteiger partial charge in [0.2, 0.25) is 0 Å². The predicted molar refractivity (Wildman–Crippen MR) is 112 cm³/mol. The Morgan fingerprint density at radius 2 is 1.13 bits per heavy atom. The van der Waals surface area contributed by atoms with Crippen molar-refractivity contribution < 1.29 is 24.0 Å². The van der Waals surface area contributed by atoms with Crippen molar-refractivity contribution in [3.05, 3.63) is 70.8 Å². The second kappa shape index (κ2) is 8.14. The lowest BCUT2D eigenvalue weighted by atomic mass is 10.0. The number of carbonyl (C=O) groups excluding carboxylic acids is 4. The molecule has 4 amide bonds. The van der Waals surface area contributed by atoms with Crippen LogP contribution in [-0.4, -0.2) is 58.8 Å². The van der Waals surface area contributed by atoms with Crippen LogP contribution in [0.3, 0.4) is 0 Å². The molecule has 0 unspecified atom stereocenters. The lowest BCUT2D eigenvalue weighted by molar-refractivity contribution is 0.0602. The van der Waals surface area contributed by atoms with Crippen molar-refractivity contribution in [2.45, 2.75) is 13.8 Å². The molecule has 2 aliphatic heterocycles. The molecular weight excluding hydrogens is 398 g/mol. The van der Waals surface area contributed by atoms with Crippen molar-refractivity contribution in [3.63, 3.8) is 0 Å². The first-order valence-electron chi connectivity index (χ1n) is 10.0. The average molecular weight is 419 g/mol. The minimum absolute atomic E-state index is 0.0256. The van der Waals surface area contributed by atoms with Gasteiger partial charge >= 0.3 is 0 Å². The summed E-state index contributed by atoms with van der Waals surface area (Å²) in [4.78, 5) is 58.7. The number of hydrogen-bond donors (Lipinski definition) is 0. The number of benzene rings is 2. The zero-order valence-corrected chi connectivity index (χ0v) is 17.2. The van der Waals surface area contributed by atoms with Crippen LogP contribution in [0.2, 0.25) is 0 Å². The van der Waals surface area contributed by atoms with Crippen LogP contribution in [0.25, 0.3) is 0 Å². The summed E-state index contributed by atoms with van der Waals surface area (Å²) in [5, 5.41) is 4.04. The number of hydrogen-bond acceptors (Lipinski definition) is 6. The third-order valence-electron chi connectivity index (χ3n) is 5.49. The number of imide groups is 2. The van der Waals surface area contributed by atoms with Gasteiger partial charge in [0.05, 0.1) is 28.0 Å². The molecule has 158 valence electrons. The van der Waals surface area contributed by atoms with Crippen LogP contribution in [0.1, 0.15) is 55.3 Å². The highest BCUT2D eigenvalue weighted by Crippen LogP contribution is 2.27. The zero-order valence-electron chi connectivity index (χ0n) is 17.2. The molecule has 2 aliphatic rings. The molecule has 0 atom stereocenters. The molecule has 0 bridgehead atoms. The van der Waals surface area contributed by atoms with Gasteiger partial charge in [0.15, 0.2) is 0 Å². The third kappa shape index (κ3) is 3.50. The molecule has 0 saturated heterocycles. The van der Waals surface area contributed by atoms with E-state index in [4.69, 9.17) is 4.84 Å². The molecule has 0 aromatic heterocycles. The molecule has 0 N–H and O–H groups in total. The summed E-state index contributed by atoms with van der Waals surface area (Å²) in [5.74, 6) is -2.19. The Morgan fingerprint density at radius 1 is 0.774 bits per heavy atom. The van der Waals surface area contributed by atoms with Crippen molar-refractivity contribution in [2.24, 2.45) is 11.1 Å². The summed E-state index contributed by atoms with van der Waals surface area (Å²) >= 11 is 0. The Kier molecular flexibility index (Phi) is 5.37. The molecule has 0 saturated carbocycles. The molecule has 0 radical (unpaired) electrons. The quantitative estimate of drug-likeness (QED) is 0.390. The second-order valence-corrected chi connectivity index (χ2v) is 7.38. The average Bonchev–Trinajstić information content (AvgIpc) is 3.17. The van der Waals surface area contributed by atoms with Crippen LogP contribution in [-0.2, 0) is 4.84 Å². The topological polar surface area (TPSA) is 96.3 Å². The van der Waals surface area contributed by atoms with Gasteiger partial charge < -0.3 is 4.84 Å². The highest BCUT2D eigenvalue weighted by Gasteiger charge is 2.40. The number of fused-ring (bicyclic) bond motifs is 2. The van der Waals surface area contributed by atoms with Crippen LogP contribution in [0.4, 0.5) is 0 Å². The monoisotopic (exact) mass is 419 g/mol. The molecule has 2 aromatic carbocycles. The molecule has 0 fully saturated rings. The molecule has 31 heavy (non-hydrogen) atoms. The fourth-order valence-corrected chi connectivity index (χ4v) is 3.81. The van der Waals surface area contributed by atoms with Crippen molar-refractivity contribution in [1.82, 2.24) is 9.80 Å². The first-order valence-corrected chi connectivity index (χ1v) is 10.0. The largest absolute Gasteiger partial charge is 0.396 e. The fourth-order valence-electron chi connectivity index (χ4n) is 3.81. The maximum Gasteiger partial charge on any atom is 0.261 e. The molecule has 2 aromatic rings. The Labute approximate surface area is 179 Å². The minimum Gasteiger partial charge on any atom is -0.396 e. The SMILES string of the molecule is CCON=C(C)C(CN1C(=O)c2ccccc2C1=O)CN1C(=O)c2ccccc2C1=O. The molecule has 8 nitrogen and oxygen atoms in total. The molecule has 8 heteroatoms. The van der Waals surface area contributed by atoms with Crippen LogP contribution >= 0.6 is 0 Å². The maximum absolute atomic E-state index is 12.8. The number of carbonyl (C=O) groups is 4. The van der Waals surface area contributed by atoms with Crippen LogP contribution < -0.4 is 0 Å². The van der Waals surface area contributed by atoms with E-state index in [0.29, 0.717) is 34.6 Å². The van der Waals surface area contributed by atoms with E-state index < -0.39 is 29.5 Å². The predicted octanol–water partition coefficient (Wildman–Crippen LogP) is 2.61. The van der Waals surface area contributed by atoms with E-state index in [1.54, 1.807) is 62.4 Å². The van der Waals surface area contributed by atoms with Crippen LogP contribution in [0.5, 0.6) is 0 Å². The highest BCUT2D eigenvalue weighted by molar-refractivity contribution is 6.22. The van der Waals surface area contributed by atoms with Crippen LogP contribution in [0.15, 0.2) is 53.7 Å². The van der Waals surface area contributed by atoms with Gasteiger partial charge in [0, 0.05) is 19.0 Å². The van der Waals surface area contributed by atoms with Gasteiger partial charge in [-0.1, -0.05) is 29.4 Å². The first-order chi connectivity index (χ1) is 14.9. The van der Waals surface area contributed by atoms with Gasteiger partial charge in [0.1, 0.15) is 6.61 Å². The zero-order chi connectivity index (χ0) is 22.1. The fraction of sp³-hybridized carbons (Fsp3) is 0.261. The van der Waals surface area contributed by atoms with E-state index in [1.807, 2.05) is 0 Å². The van der Waals surface area contributed by atoms with E-state index in [-0.39, 0.29) is 13.1 Å². The molecule has 0 spiro atoms. The van der Waals surface area contributed by atoms with Gasteiger partial charge in [-0.25, -0.2) is 0 Å². The van der Waals surface area contributed by atoms with E-state index in [2.05, 4.69) is 5.16 Å². The molecule has 2 heterocycles. The first kappa shape index (κ1) is 20.5. The number of rotatable bonds is 7. The summed E-state index contributed by atoms with van der Waals surface area (Å²) in [6.45, 7) is 3.76. The lowest BCUT2D eigenvalue weighted by Crippen LogP contribution is -2.44. The smallest absolute Gasteiger partial charge is 0.261 e. The maximum atomic E-state index is 12.8. The summed E-state index contributed by atoms with van der Waals surface area (Å²) in [7, 11) is 0. The van der Waals surface area contributed by atoms with E-state index in [0.717, 1.165) is 9.80 Å². The lowest BCUT2D eigenvalue weighted by Gasteiger charge is -2.25. The van der Waals surface area contributed by atoms with Gasteiger partial charge in [-0.05, 0) is 38.1 Å². The second-order valence-electron chi connectivity index (χ2n) is 7.38. The summed E-state index contributed by atoms with van der Waals surface area (Å²) in [6, 6.07) is 13.2. The van der Waals surface area contributed by atoms with Crippen molar-refractivity contribution in [1.29, 1.82) is 0 Å². The normalized spacial score (nSPS) is 15.8. The standard InChI is InChI=1S/C23H21N3O5/c1-3-31-24-14(2)15(12-25-20(27)16-8-4-5-9-17(16)21(25)28)13-26-22(29)18-10-6-7-11-19(18)23(26)30/h4-11,15H,3,12-13H2,1-2H3. The number of amides is 4. The van der Waals surface area contributed by atoms with E-state index in [9.17, 15) is 19.2 Å². The number of oxime groups is 1. The highest BCUT2D eigenvalue weighted by atomic mass is 16.6. The minimum atomic E-state index is -0.573. The Bertz CT molecular complexity index is 976. The summed E-state index contributed by atoms with van der Waals surface area (Å²) in [6.07, 6.45) is 0. The number of nitrogens with zero attached hydrogens (tertiary/aromatic N) is 3. The van der Waals surface area contributed by atoms with E-state index in [1.165, 1.54) is 0 Å².